The standard InChI is InChI=1S/C15H24ClNS/c1-3-9-17-12-13(8-10-18-2)11-14-6-4-5-7-15(14)16/h4-7,13,17H,3,8-12H2,1-2H3. The second kappa shape index (κ2) is 9.71. The summed E-state index contributed by atoms with van der Waals surface area (Å²) >= 11 is 8.16. The average Bonchev–Trinajstić information content (AvgIpc) is 2.38. The first-order valence-electron chi connectivity index (χ1n) is 6.71. The fourth-order valence-electron chi connectivity index (χ4n) is 2.02. The van der Waals surface area contributed by atoms with E-state index in [-0.39, 0.29) is 0 Å². The summed E-state index contributed by atoms with van der Waals surface area (Å²) in [4.78, 5) is 0. The van der Waals surface area contributed by atoms with E-state index in [0.717, 1.165) is 24.5 Å². The highest BCUT2D eigenvalue weighted by Gasteiger charge is 2.11. The largest absolute Gasteiger partial charge is 0.316 e. The highest BCUT2D eigenvalue weighted by Crippen LogP contribution is 2.21. The van der Waals surface area contributed by atoms with Crippen molar-refractivity contribution in [2.75, 3.05) is 25.1 Å². The van der Waals surface area contributed by atoms with E-state index in [2.05, 4.69) is 30.6 Å². The molecule has 3 heteroatoms. The molecule has 102 valence electrons. The van der Waals surface area contributed by atoms with E-state index in [1.54, 1.807) is 0 Å². The van der Waals surface area contributed by atoms with E-state index < -0.39 is 0 Å². The molecule has 0 radical (unpaired) electrons. The Morgan fingerprint density at radius 1 is 1.33 bits per heavy atom. The van der Waals surface area contributed by atoms with Crippen molar-refractivity contribution in [2.24, 2.45) is 5.92 Å². The zero-order valence-electron chi connectivity index (χ0n) is 11.4. The van der Waals surface area contributed by atoms with Gasteiger partial charge in [0.2, 0.25) is 0 Å². The summed E-state index contributed by atoms with van der Waals surface area (Å²) in [6, 6.07) is 8.21. The van der Waals surface area contributed by atoms with Gasteiger partial charge in [0.1, 0.15) is 0 Å². The van der Waals surface area contributed by atoms with Crippen molar-refractivity contribution in [1.29, 1.82) is 0 Å². The van der Waals surface area contributed by atoms with Crippen LogP contribution in [0.1, 0.15) is 25.3 Å². The number of thioether (sulfide) groups is 1. The van der Waals surface area contributed by atoms with Crippen LogP contribution < -0.4 is 5.32 Å². The van der Waals surface area contributed by atoms with Crippen molar-refractivity contribution < 1.29 is 0 Å². The van der Waals surface area contributed by atoms with Gasteiger partial charge in [-0.05, 0) is 61.9 Å². The van der Waals surface area contributed by atoms with Gasteiger partial charge >= 0.3 is 0 Å². The van der Waals surface area contributed by atoms with E-state index in [1.165, 1.54) is 24.2 Å². The summed E-state index contributed by atoms with van der Waals surface area (Å²) in [6.07, 6.45) is 5.70. The van der Waals surface area contributed by atoms with Crippen LogP contribution in [-0.4, -0.2) is 25.1 Å². The van der Waals surface area contributed by atoms with Crippen LogP contribution in [-0.2, 0) is 6.42 Å². The van der Waals surface area contributed by atoms with E-state index >= 15 is 0 Å². The quantitative estimate of drug-likeness (QED) is 0.681. The van der Waals surface area contributed by atoms with Crippen LogP contribution >= 0.6 is 23.4 Å². The third-order valence-corrected chi connectivity index (χ3v) is 4.07. The number of nitrogens with one attached hydrogen (secondary N) is 1. The van der Waals surface area contributed by atoms with Crippen LogP contribution in [0.2, 0.25) is 5.02 Å². The van der Waals surface area contributed by atoms with Gasteiger partial charge in [0.25, 0.3) is 0 Å². The highest BCUT2D eigenvalue weighted by atomic mass is 35.5. The maximum Gasteiger partial charge on any atom is 0.0438 e. The number of halogens is 1. The molecule has 0 amide bonds. The molecule has 18 heavy (non-hydrogen) atoms. The van der Waals surface area contributed by atoms with Crippen molar-refractivity contribution in [1.82, 2.24) is 5.32 Å². The molecule has 0 spiro atoms. The lowest BCUT2D eigenvalue weighted by molar-refractivity contribution is 0.463. The van der Waals surface area contributed by atoms with Gasteiger partial charge in [-0.3, -0.25) is 0 Å². The Hall–Kier alpha value is -0.180. The van der Waals surface area contributed by atoms with Crippen LogP contribution in [0.25, 0.3) is 0 Å². The topological polar surface area (TPSA) is 12.0 Å². The van der Waals surface area contributed by atoms with Crippen LogP contribution in [0.4, 0.5) is 0 Å². The molecule has 1 aromatic carbocycles. The lowest BCUT2D eigenvalue weighted by Crippen LogP contribution is -2.25. The summed E-state index contributed by atoms with van der Waals surface area (Å²) < 4.78 is 0. The lowest BCUT2D eigenvalue weighted by atomic mass is 9.96. The molecule has 0 aromatic heterocycles. The second-order valence-corrected chi connectivity index (χ2v) is 6.04. The molecule has 1 nitrogen and oxygen atoms in total. The molecule has 0 saturated carbocycles. The van der Waals surface area contributed by atoms with E-state index in [0.29, 0.717) is 5.92 Å². The van der Waals surface area contributed by atoms with Crippen molar-refractivity contribution in [2.45, 2.75) is 26.2 Å². The summed E-state index contributed by atoms with van der Waals surface area (Å²) in [7, 11) is 0. The maximum absolute atomic E-state index is 6.24. The highest BCUT2D eigenvalue weighted by molar-refractivity contribution is 7.98. The summed E-state index contributed by atoms with van der Waals surface area (Å²) in [5.41, 5.74) is 1.28. The fourth-order valence-corrected chi connectivity index (χ4v) is 2.80. The zero-order chi connectivity index (χ0) is 13.2. The monoisotopic (exact) mass is 285 g/mol. The molecule has 1 N–H and O–H groups in total. The Labute approximate surface area is 121 Å². The Bertz CT molecular complexity index is 330. The summed E-state index contributed by atoms with van der Waals surface area (Å²) in [5, 5.41) is 4.44. The van der Waals surface area contributed by atoms with E-state index in [9.17, 15) is 0 Å². The smallest absolute Gasteiger partial charge is 0.0438 e. The van der Waals surface area contributed by atoms with Crippen molar-refractivity contribution in [3.8, 4) is 0 Å². The second-order valence-electron chi connectivity index (χ2n) is 4.65. The lowest BCUT2D eigenvalue weighted by Gasteiger charge is -2.18. The molecule has 0 aliphatic rings. The molecule has 1 unspecified atom stereocenters. The van der Waals surface area contributed by atoms with Crippen molar-refractivity contribution >= 4 is 23.4 Å². The molecule has 0 fully saturated rings. The first-order chi connectivity index (χ1) is 8.77. The molecular weight excluding hydrogens is 262 g/mol. The predicted octanol–water partition coefficient (Wildman–Crippen LogP) is 4.25. The first-order valence-corrected chi connectivity index (χ1v) is 8.48. The van der Waals surface area contributed by atoms with Crippen LogP contribution in [0.15, 0.2) is 24.3 Å². The fraction of sp³-hybridized carbons (Fsp3) is 0.600. The Balaban J connectivity index is 2.51. The Morgan fingerprint density at radius 3 is 2.78 bits per heavy atom. The summed E-state index contributed by atoms with van der Waals surface area (Å²) in [6.45, 7) is 4.41. The Kier molecular flexibility index (Phi) is 8.57. The van der Waals surface area contributed by atoms with Gasteiger partial charge in [0.05, 0.1) is 0 Å². The van der Waals surface area contributed by atoms with Crippen LogP contribution in [0, 0.1) is 5.92 Å². The number of rotatable bonds is 9. The van der Waals surface area contributed by atoms with Crippen LogP contribution in [0.5, 0.6) is 0 Å². The molecule has 0 bridgehead atoms. The molecule has 0 aliphatic heterocycles. The van der Waals surface area contributed by atoms with Gasteiger partial charge in [0, 0.05) is 5.02 Å². The minimum absolute atomic E-state index is 0.684. The molecule has 1 atom stereocenters. The third kappa shape index (κ3) is 6.12. The zero-order valence-corrected chi connectivity index (χ0v) is 13.0. The SMILES string of the molecule is CCCNCC(CCSC)Cc1ccccc1Cl. The van der Waals surface area contributed by atoms with Gasteiger partial charge in [-0.25, -0.2) is 0 Å². The minimum Gasteiger partial charge on any atom is -0.316 e. The minimum atomic E-state index is 0.684. The molecule has 0 heterocycles. The van der Waals surface area contributed by atoms with E-state index in [1.807, 2.05) is 23.9 Å². The Morgan fingerprint density at radius 2 is 2.11 bits per heavy atom. The average molecular weight is 286 g/mol. The number of hydrogen-bond donors (Lipinski definition) is 1. The third-order valence-electron chi connectivity index (χ3n) is 3.06. The van der Waals surface area contributed by atoms with Gasteiger partial charge in [-0.2, -0.15) is 11.8 Å². The van der Waals surface area contributed by atoms with Gasteiger partial charge in [-0.15, -0.1) is 0 Å². The first kappa shape index (κ1) is 15.9. The molecular formula is C15H24ClNS. The normalized spacial score (nSPS) is 12.6. The number of benzene rings is 1. The molecule has 0 saturated heterocycles. The number of hydrogen-bond acceptors (Lipinski definition) is 2. The van der Waals surface area contributed by atoms with Gasteiger partial charge in [-0.1, -0.05) is 36.7 Å². The molecule has 1 rings (SSSR count). The molecule has 0 aliphatic carbocycles. The van der Waals surface area contributed by atoms with Crippen molar-refractivity contribution in [3.63, 3.8) is 0 Å². The summed E-state index contributed by atoms with van der Waals surface area (Å²) in [5.74, 6) is 1.91. The van der Waals surface area contributed by atoms with Crippen LogP contribution in [0.3, 0.4) is 0 Å². The van der Waals surface area contributed by atoms with E-state index in [4.69, 9.17) is 11.6 Å². The van der Waals surface area contributed by atoms with Crippen molar-refractivity contribution in [3.05, 3.63) is 34.9 Å². The van der Waals surface area contributed by atoms with Gasteiger partial charge < -0.3 is 5.32 Å². The molecule has 1 aromatic rings. The van der Waals surface area contributed by atoms with Gasteiger partial charge in [0.15, 0.2) is 0 Å². The maximum atomic E-state index is 6.24. The predicted molar refractivity (Wildman–Crippen MR) is 84.8 cm³/mol.